The molecule has 0 spiro atoms. The Labute approximate surface area is 170 Å². The van der Waals surface area contributed by atoms with Gasteiger partial charge in [-0.25, -0.2) is 4.79 Å². The van der Waals surface area contributed by atoms with Crippen molar-refractivity contribution in [3.63, 3.8) is 0 Å². The van der Waals surface area contributed by atoms with E-state index in [4.69, 9.17) is 15.2 Å². The summed E-state index contributed by atoms with van der Waals surface area (Å²) in [5.41, 5.74) is 6.05. The topological polar surface area (TPSA) is 102 Å². The quantitative estimate of drug-likeness (QED) is 0.474. The van der Waals surface area contributed by atoms with Gasteiger partial charge in [0.25, 0.3) is 11.8 Å². The summed E-state index contributed by atoms with van der Waals surface area (Å²) in [7, 11) is 0. The van der Waals surface area contributed by atoms with Crippen molar-refractivity contribution in [2.45, 2.75) is 38.2 Å². The summed E-state index contributed by atoms with van der Waals surface area (Å²) in [6.45, 7) is 4.50. The molecule has 1 aromatic carbocycles. The molecule has 2 aliphatic rings. The van der Waals surface area contributed by atoms with E-state index in [-0.39, 0.29) is 17.9 Å². The summed E-state index contributed by atoms with van der Waals surface area (Å²) in [5.74, 6) is -0.395. The molecule has 0 bridgehead atoms. The molecular weight excluding hydrogens is 374 g/mol. The lowest BCUT2D eigenvalue weighted by Gasteiger charge is -2.31. The Morgan fingerprint density at radius 2 is 1.59 bits per heavy atom. The van der Waals surface area contributed by atoms with Gasteiger partial charge in [0.1, 0.15) is 6.10 Å². The number of nitrogens with two attached hydrogens (primary N) is 1. The first kappa shape index (κ1) is 21.3. The number of rotatable bonds is 10. The maximum atomic E-state index is 12.3. The molecule has 2 N–H and O–H groups in total. The molecule has 29 heavy (non-hydrogen) atoms. The van der Waals surface area contributed by atoms with Crippen molar-refractivity contribution >= 4 is 17.9 Å². The number of unbranched alkanes of at least 4 members (excludes halogenated alkanes) is 1. The number of benzene rings is 1. The smallest absolute Gasteiger partial charge is 0.404 e. The zero-order chi connectivity index (χ0) is 20.6. The molecule has 1 fully saturated rings. The van der Waals surface area contributed by atoms with E-state index in [1.807, 2.05) is 0 Å². The first-order chi connectivity index (χ1) is 14.1. The maximum absolute atomic E-state index is 12.3. The average molecular weight is 403 g/mol. The van der Waals surface area contributed by atoms with Crippen molar-refractivity contribution in [1.82, 2.24) is 9.80 Å². The maximum Gasteiger partial charge on any atom is 0.404 e. The van der Waals surface area contributed by atoms with Crippen LogP contribution >= 0.6 is 0 Å². The highest BCUT2D eigenvalue weighted by Gasteiger charge is 2.34. The Morgan fingerprint density at radius 1 is 0.966 bits per heavy atom. The largest absolute Gasteiger partial charge is 0.446 e. The Morgan fingerprint density at radius 3 is 2.21 bits per heavy atom. The second-order valence-electron chi connectivity index (χ2n) is 7.46. The Hall–Kier alpha value is -2.45. The van der Waals surface area contributed by atoms with Crippen LogP contribution in [0.4, 0.5) is 4.79 Å². The monoisotopic (exact) mass is 403 g/mol. The van der Waals surface area contributed by atoms with Crippen LogP contribution in [0.3, 0.4) is 0 Å². The third-order valence-corrected chi connectivity index (χ3v) is 5.38. The normalized spacial score (nSPS) is 17.6. The van der Waals surface area contributed by atoms with E-state index in [0.29, 0.717) is 30.9 Å². The van der Waals surface area contributed by atoms with Crippen molar-refractivity contribution in [2.24, 2.45) is 5.73 Å². The van der Waals surface area contributed by atoms with Crippen LogP contribution in [0.5, 0.6) is 0 Å². The number of likely N-dealkylation sites (tertiary alicyclic amines) is 1. The van der Waals surface area contributed by atoms with Gasteiger partial charge in [-0.15, -0.1) is 0 Å². The van der Waals surface area contributed by atoms with Gasteiger partial charge in [-0.05, 0) is 44.2 Å². The van der Waals surface area contributed by atoms with Gasteiger partial charge in [0, 0.05) is 39.4 Å². The fraction of sp³-hybridized carbons (Fsp3) is 0.571. The fourth-order valence-electron chi connectivity index (χ4n) is 3.82. The molecule has 158 valence electrons. The number of carbonyl (C=O) groups is 3. The first-order valence-electron chi connectivity index (χ1n) is 10.3. The molecule has 0 aliphatic carbocycles. The van der Waals surface area contributed by atoms with E-state index in [0.717, 1.165) is 51.7 Å². The average Bonchev–Trinajstić information content (AvgIpc) is 2.95. The summed E-state index contributed by atoms with van der Waals surface area (Å²) in [4.78, 5) is 39.0. The van der Waals surface area contributed by atoms with Gasteiger partial charge < -0.3 is 20.1 Å². The van der Waals surface area contributed by atoms with Crippen molar-refractivity contribution < 1.29 is 23.9 Å². The van der Waals surface area contributed by atoms with E-state index in [1.165, 1.54) is 4.90 Å². The lowest BCUT2D eigenvalue weighted by atomic mass is 10.1. The van der Waals surface area contributed by atoms with Gasteiger partial charge >= 0.3 is 6.09 Å². The first-order valence-corrected chi connectivity index (χ1v) is 10.3. The summed E-state index contributed by atoms with van der Waals surface area (Å²) >= 11 is 0. The van der Waals surface area contributed by atoms with Crippen molar-refractivity contribution in [3.8, 4) is 0 Å². The second-order valence-corrected chi connectivity index (χ2v) is 7.46. The van der Waals surface area contributed by atoms with Gasteiger partial charge in [-0.1, -0.05) is 12.1 Å². The van der Waals surface area contributed by atoms with Crippen molar-refractivity contribution in [1.29, 1.82) is 0 Å². The number of nitrogens with zero attached hydrogens (tertiary/aromatic N) is 2. The summed E-state index contributed by atoms with van der Waals surface area (Å²) in [6, 6.07) is 6.95. The zero-order valence-electron chi connectivity index (χ0n) is 16.7. The molecule has 3 amide bonds. The van der Waals surface area contributed by atoms with E-state index < -0.39 is 6.09 Å². The van der Waals surface area contributed by atoms with Crippen LogP contribution in [-0.2, 0) is 9.47 Å². The molecule has 0 saturated carbocycles. The lowest BCUT2D eigenvalue weighted by molar-refractivity contribution is 0.0509. The summed E-state index contributed by atoms with van der Waals surface area (Å²) < 4.78 is 10.7. The van der Waals surface area contributed by atoms with E-state index >= 15 is 0 Å². The third kappa shape index (κ3) is 5.77. The standard InChI is InChI=1S/C21H29N3O5/c22-21(27)29-16-8-12-23(13-9-16)10-5-15-28-14-4-3-11-24-19(25)17-6-1-2-7-18(17)20(24)26/h1-2,6-7,16H,3-5,8-15H2,(H2,22,27). The molecule has 1 saturated heterocycles. The van der Waals surface area contributed by atoms with E-state index in [1.54, 1.807) is 24.3 Å². The van der Waals surface area contributed by atoms with Crippen LogP contribution in [-0.4, -0.2) is 73.2 Å². The second kappa shape index (κ2) is 10.4. The van der Waals surface area contributed by atoms with E-state index in [2.05, 4.69) is 4.90 Å². The van der Waals surface area contributed by atoms with Gasteiger partial charge in [-0.3, -0.25) is 14.5 Å². The number of imide groups is 1. The number of fused-ring (bicyclic) bond motifs is 1. The molecule has 0 radical (unpaired) electrons. The molecule has 0 aromatic heterocycles. The third-order valence-electron chi connectivity index (χ3n) is 5.38. The number of carbonyl (C=O) groups excluding carboxylic acids is 3. The van der Waals surface area contributed by atoms with Crippen LogP contribution in [0.1, 0.15) is 52.8 Å². The van der Waals surface area contributed by atoms with Gasteiger partial charge in [0.2, 0.25) is 0 Å². The number of hydrogen-bond acceptors (Lipinski definition) is 6. The van der Waals surface area contributed by atoms with Gasteiger partial charge in [0.15, 0.2) is 0 Å². The highest BCUT2D eigenvalue weighted by atomic mass is 16.6. The predicted molar refractivity (Wildman–Crippen MR) is 107 cm³/mol. The minimum absolute atomic E-state index is 0.0536. The number of primary amides is 1. The highest BCUT2D eigenvalue weighted by molar-refractivity contribution is 6.21. The molecule has 3 rings (SSSR count). The zero-order valence-corrected chi connectivity index (χ0v) is 16.7. The van der Waals surface area contributed by atoms with Crippen LogP contribution in [0, 0.1) is 0 Å². The number of hydrogen-bond donors (Lipinski definition) is 1. The molecule has 1 aromatic rings. The molecule has 2 heterocycles. The van der Waals surface area contributed by atoms with Crippen LogP contribution in [0.2, 0.25) is 0 Å². The number of piperidine rings is 1. The molecule has 8 heteroatoms. The molecule has 8 nitrogen and oxygen atoms in total. The SMILES string of the molecule is NC(=O)OC1CCN(CCCOCCCCN2C(=O)c3ccccc3C2=O)CC1. The lowest BCUT2D eigenvalue weighted by Crippen LogP contribution is -2.39. The van der Waals surface area contributed by atoms with Gasteiger partial charge in [-0.2, -0.15) is 0 Å². The van der Waals surface area contributed by atoms with Crippen LogP contribution < -0.4 is 5.73 Å². The van der Waals surface area contributed by atoms with Gasteiger partial charge in [0.05, 0.1) is 11.1 Å². The van der Waals surface area contributed by atoms with Crippen molar-refractivity contribution in [2.75, 3.05) is 39.4 Å². The molecular formula is C21H29N3O5. The molecule has 0 unspecified atom stereocenters. The molecule has 2 aliphatic heterocycles. The number of amides is 3. The molecule has 0 atom stereocenters. The summed E-state index contributed by atoms with van der Waals surface area (Å²) in [6.07, 6.45) is 3.38. The Balaban J connectivity index is 1.21. The number of ether oxygens (including phenoxy) is 2. The van der Waals surface area contributed by atoms with Crippen LogP contribution in [0.25, 0.3) is 0 Å². The Bertz CT molecular complexity index is 696. The van der Waals surface area contributed by atoms with Crippen LogP contribution in [0.15, 0.2) is 24.3 Å². The highest BCUT2D eigenvalue weighted by Crippen LogP contribution is 2.22. The minimum atomic E-state index is -0.695. The predicted octanol–water partition coefficient (Wildman–Crippen LogP) is 2.03. The van der Waals surface area contributed by atoms with E-state index in [9.17, 15) is 14.4 Å². The summed E-state index contributed by atoms with van der Waals surface area (Å²) in [5, 5.41) is 0. The fourth-order valence-corrected chi connectivity index (χ4v) is 3.82. The minimum Gasteiger partial charge on any atom is -0.446 e. The Kier molecular flexibility index (Phi) is 7.60. The van der Waals surface area contributed by atoms with Crippen molar-refractivity contribution in [3.05, 3.63) is 35.4 Å².